The van der Waals surface area contributed by atoms with Gasteiger partial charge in [-0.1, -0.05) is 15.9 Å². The van der Waals surface area contributed by atoms with E-state index in [9.17, 15) is 10.1 Å². The maximum Gasteiger partial charge on any atom is 0.273 e. The first kappa shape index (κ1) is 14.8. The molecule has 6 heteroatoms. The molecule has 0 saturated heterocycles. The summed E-state index contributed by atoms with van der Waals surface area (Å²) in [6.45, 7) is 1.83. The van der Waals surface area contributed by atoms with Crippen molar-refractivity contribution in [2.24, 2.45) is 0 Å². The van der Waals surface area contributed by atoms with E-state index >= 15 is 0 Å². The number of nitrogens with zero attached hydrogens (tertiary/aromatic N) is 1. The van der Waals surface area contributed by atoms with Crippen LogP contribution in [0.25, 0.3) is 0 Å². The molecule has 0 aromatic heterocycles. The number of ether oxygens (including phenoxy) is 1. The van der Waals surface area contributed by atoms with Gasteiger partial charge in [0.1, 0.15) is 11.5 Å². The van der Waals surface area contributed by atoms with Crippen LogP contribution >= 0.6 is 27.5 Å². The summed E-state index contributed by atoms with van der Waals surface area (Å²) >= 11 is 9.25. The number of hydrogen-bond acceptors (Lipinski definition) is 3. The molecule has 0 aliphatic heterocycles. The van der Waals surface area contributed by atoms with Gasteiger partial charge in [-0.2, -0.15) is 0 Å². The monoisotopic (exact) mass is 355 g/mol. The van der Waals surface area contributed by atoms with Crippen LogP contribution in [0.5, 0.6) is 11.5 Å². The molecule has 0 heterocycles. The van der Waals surface area contributed by atoms with Crippen molar-refractivity contribution in [3.05, 3.63) is 62.1 Å². The van der Waals surface area contributed by atoms with Crippen molar-refractivity contribution in [3.63, 3.8) is 0 Å². The van der Waals surface area contributed by atoms with Crippen LogP contribution in [0, 0.1) is 17.0 Å². The highest BCUT2D eigenvalue weighted by molar-refractivity contribution is 9.10. The fraction of sp³-hybridized carbons (Fsp3) is 0.143. The molecule has 0 spiro atoms. The second-order valence-electron chi connectivity index (χ2n) is 4.19. The van der Waals surface area contributed by atoms with E-state index in [1.807, 2.05) is 19.1 Å². The molecule has 0 unspecified atom stereocenters. The molecule has 0 radical (unpaired) electrons. The Labute approximate surface area is 129 Å². The van der Waals surface area contributed by atoms with Crippen LogP contribution in [-0.4, -0.2) is 4.92 Å². The van der Waals surface area contributed by atoms with Crippen molar-refractivity contribution in [1.82, 2.24) is 0 Å². The Kier molecular flexibility index (Phi) is 4.62. The Morgan fingerprint density at radius 1 is 1.25 bits per heavy atom. The van der Waals surface area contributed by atoms with Crippen molar-refractivity contribution in [1.29, 1.82) is 0 Å². The molecule has 0 N–H and O–H groups in total. The predicted octanol–water partition coefficient (Wildman–Crippen LogP) is 5.20. The maximum absolute atomic E-state index is 10.8. The van der Waals surface area contributed by atoms with E-state index < -0.39 is 4.92 Å². The molecule has 0 saturated carbocycles. The third-order valence-corrected chi connectivity index (χ3v) is 3.55. The van der Waals surface area contributed by atoms with E-state index in [1.54, 1.807) is 12.1 Å². The van der Waals surface area contributed by atoms with Crippen LogP contribution in [0.4, 0.5) is 5.69 Å². The number of non-ortho nitro benzene ring substituents is 1. The molecule has 0 aliphatic carbocycles. The molecule has 0 amide bonds. The van der Waals surface area contributed by atoms with Gasteiger partial charge in [-0.05, 0) is 36.8 Å². The van der Waals surface area contributed by atoms with Gasteiger partial charge < -0.3 is 4.74 Å². The summed E-state index contributed by atoms with van der Waals surface area (Å²) in [6, 6.07) is 9.99. The van der Waals surface area contributed by atoms with Crippen LogP contribution in [0.15, 0.2) is 40.9 Å². The van der Waals surface area contributed by atoms with Gasteiger partial charge in [0, 0.05) is 16.1 Å². The smallest absolute Gasteiger partial charge is 0.273 e. The average molecular weight is 357 g/mol. The first-order valence-corrected chi connectivity index (χ1v) is 7.11. The number of hydrogen-bond donors (Lipinski definition) is 0. The first-order chi connectivity index (χ1) is 9.51. The molecule has 2 rings (SSSR count). The highest BCUT2D eigenvalue weighted by Gasteiger charge is 2.12. The van der Waals surface area contributed by atoms with Gasteiger partial charge in [-0.3, -0.25) is 10.1 Å². The molecule has 20 heavy (non-hydrogen) atoms. The quantitative estimate of drug-likeness (QED) is 0.430. The zero-order valence-electron chi connectivity index (χ0n) is 10.6. The molecule has 0 fully saturated rings. The zero-order valence-corrected chi connectivity index (χ0v) is 12.9. The minimum atomic E-state index is -0.448. The van der Waals surface area contributed by atoms with Gasteiger partial charge in [-0.25, -0.2) is 0 Å². The second-order valence-corrected chi connectivity index (χ2v) is 5.38. The summed E-state index contributed by atoms with van der Waals surface area (Å²) in [5.74, 6) is 1.34. The van der Waals surface area contributed by atoms with E-state index in [0.29, 0.717) is 17.4 Å². The van der Waals surface area contributed by atoms with Crippen molar-refractivity contribution in [2.45, 2.75) is 12.8 Å². The number of alkyl halides is 1. The van der Waals surface area contributed by atoms with E-state index in [4.69, 9.17) is 16.3 Å². The number of aryl methyl sites for hydroxylation is 1. The standard InChI is InChI=1S/C14H11BrClNO3/c1-9-2-4-12(17(18)19)7-14(9)20-13-5-3-11(15)6-10(13)8-16/h2-7H,8H2,1H3. The lowest BCUT2D eigenvalue weighted by atomic mass is 10.2. The summed E-state index contributed by atoms with van der Waals surface area (Å²) in [4.78, 5) is 10.4. The predicted molar refractivity (Wildman–Crippen MR) is 81.6 cm³/mol. The molecule has 4 nitrogen and oxygen atoms in total. The summed E-state index contributed by atoms with van der Waals surface area (Å²) < 4.78 is 6.67. The highest BCUT2D eigenvalue weighted by Crippen LogP contribution is 2.32. The summed E-state index contributed by atoms with van der Waals surface area (Å²) in [5.41, 5.74) is 1.63. The van der Waals surface area contributed by atoms with E-state index in [0.717, 1.165) is 15.6 Å². The van der Waals surface area contributed by atoms with Crippen molar-refractivity contribution >= 4 is 33.2 Å². The maximum atomic E-state index is 10.8. The van der Waals surface area contributed by atoms with Gasteiger partial charge >= 0.3 is 0 Å². The van der Waals surface area contributed by atoms with Crippen molar-refractivity contribution in [2.75, 3.05) is 0 Å². The Bertz CT molecular complexity index is 661. The lowest BCUT2D eigenvalue weighted by molar-refractivity contribution is -0.384. The average Bonchev–Trinajstić information content (AvgIpc) is 2.42. The van der Waals surface area contributed by atoms with Gasteiger partial charge in [0.15, 0.2) is 0 Å². The Balaban J connectivity index is 2.39. The lowest BCUT2D eigenvalue weighted by Crippen LogP contribution is -1.94. The van der Waals surface area contributed by atoms with E-state index in [1.165, 1.54) is 12.1 Å². The highest BCUT2D eigenvalue weighted by atomic mass is 79.9. The van der Waals surface area contributed by atoms with Gasteiger partial charge in [0.25, 0.3) is 5.69 Å². The molecule has 104 valence electrons. The molecular weight excluding hydrogens is 346 g/mol. The van der Waals surface area contributed by atoms with Gasteiger partial charge in [0.2, 0.25) is 0 Å². The van der Waals surface area contributed by atoms with Gasteiger partial charge in [0.05, 0.1) is 16.9 Å². The fourth-order valence-corrected chi connectivity index (χ4v) is 2.30. The third kappa shape index (κ3) is 3.29. The molecular formula is C14H11BrClNO3. The summed E-state index contributed by atoms with van der Waals surface area (Å²) in [7, 11) is 0. The molecule has 0 atom stereocenters. The van der Waals surface area contributed by atoms with Gasteiger partial charge in [-0.15, -0.1) is 11.6 Å². The Morgan fingerprint density at radius 3 is 2.65 bits per heavy atom. The number of halogens is 2. The molecule has 0 aliphatic rings. The first-order valence-electron chi connectivity index (χ1n) is 5.78. The van der Waals surface area contributed by atoms with Crippen LogP contribution in [-0.2, 0) is 5.88 Å². The lowest BCUT2D eigenvalue weighted by Gasteiger charge is -2.12. The largest absolute Gasteiger partial charge is 0.456 e. The molecule has 0 bridgehead atoms. The van der Waals surface area contributed by atoms with Crippen molar-refractivity contribution in [3.8, 4) is 11.5 Å². The SMILES string of the molecule is Cc1ccc([N+](=O)[O-])cc1Oc1ccc(Br)cc1CCl. The van der Waals surface area contributed by atoms with E-state index in [-0.39, 0.29) is 5.69 Å². The normalized spacial score (nSPS) is 10.3. The molecule has 2 aromatic rings. The topological polar surface area (TPSA) is 52.4 Å². The third-order valence-electron chi connectivity index (χ3n) is 2.77. The van der Waals surface area contributed by atoms with Crippen LogP contribution in [0.1, 0.15) is 11.1 Å². The van der Waals surface area contributed by atoms with Crippen molar-refractivity contribution < 1.29 is 9.66 Å². The van der Waals surface area contributed by atoms with Crippen LogP contribution in [0.2, 0.25) is 0 Å². The number of nitro groups is 1. The number of rotatable bonds is 4. The molecule has 2 aromatic carbocycles. The second kappa shape index (κ2) is 6.24. The van der Waals surface area contributed by atoms with E-state index in [2.05, 4.69) is 15.9 Å². The Hall–Kier alpha value is -1.59. The summed E-state index contributed by atoms with van der Waals surface area (Å²) in [6.07, 6.45) is 0. The number of benzene rings is 2. The number of nitro benzene ring substituents is 1. The van der Waals surface area contributed by atoms with Crippen LogP contribution < -0.4 is 4.74 Å². The minimum Gasteiger partial charge on any atom is -0.456 e. The summed E-state index contributed by atoms with van der Waals surface area (Å²) in [5, 5.41) is 10.8. The van der Waals surface area contributed by atoms with Crippen LogP contribution in [0.3, 0.4) is 0 Å². The minimum absolute atomic E-state index is 0.00450. The fourth-order valence-electron chi connectivity index (χ4n) is 1.68. The Morgan fingerprint density at radius 2 is 2.00 bits per heavy atom. The zero-order chi connectivity index (χ0) is 14.7.